The van der Waals surface area contributed by atoms with E-state index in [1.165, 1.54) is 0 Å². The Hall–Kier alpha value is -1.18. The first-order chi connectivity index (χ1) is 9.56. The van der Waals surface area contributed by atoms with Crippen molar-refractivity contribution < 1.29 is 24.2 Å². The minimum Gasteiger partial charge on any atom is -0.481 e. The third-order valence-corrected chi connectivity index (χ3v) is 3.46. The number of rotatable bonds is 8. The standard InChI is InChI=1S/C13H24N2O5/c1-19-11(9-14)8-12(16)15-5-2-10(3-6-15)20-7-4-13(17)18/h10-11H,2-9,14H2,1H3,(H,17,18). The number of ether oxygens (including phenoxy) is 2. The molecule has 1 aliphatic heterocycles. The Labute approximate surface area is 119 Å². The predicted molar refractivity (Wildman–Crippen MR) is 72.3 cm³/mol. The highest BCUT2D eigenvalue weighted by Crippen LogP contribution is 2.15. The van der Waals surface area contributed by atoms with E-state index in [1.54, 1.807) is 12.0 Å². The Morgan fingerprint density at radius 2 is 2.05 bits per heavy atom. The fourth-order valence-corrected chi connectivity index (χ4v) is 2.17. The van der Waals surface area contributed by atoms with Crippen LogP contribution in [0.25, 0.3) is 0 Å². The minimum atomic E-state index is -0.856. The lowest BCUT2D eigenvalue weighted by atomic mass is 10.1. The molecule has 0 aromatic rings. The lowest BCUT2D eigenvalue weighted by molar-refractivity contribution is -0.139. The number of nitrogens with two attached hydrogens (primary N) is 1. The number of carbonyl (C=O) groups excluding carboxylic acids is 1. The number of carboxylic acids is 1. The summed E-state index contributed by atoms with van der Waals surface area (Å²) in [5.74, 6) is -0.809. The van der Waals surface area contributed by atoms with Crippen molar-refractivity contribution in [3.05, 3.63) is 0 Å². The van der Waals surface area contributed by atoms with Crippen LogP contribution in [0.15, 0.2) is 0 Å². The summed E-state index contributed by atoms with van der Waals surface area (Å²) in [6.45, 7) is 1.83. The zero-order chi connectivity index (χ0) is 15.0. The fourth-order valence-electron chi connectivity index (χ4n) is 2.17. The predicted octanol–water partition coefficient (Wildman–Crippen LogP) is -0.167. The molecule has 0 saturated carbocycles. The number of carboxylic acid groups (broad SMARTS) is 1. The van der Waals surface area contributed by atoms with Crippen LogP contribution in [-0.2, 0) is 19.1 Å². The summed E-state index contributed by atoms with van der Waals surface area (Å²) in [5, 5.41) is 8.53. The number of nitrogens with zero attached hydrogens (tertiary/aromatic N) is 1. The molecule has 0 radical (unpaired) electrons. The molecule has 1 rings (SSSR count). The van der Waals surface area contributed by atoms with Crippen molar-refractivity contribution in [1.29, 1.82) is 0 Å². The molecule has 1 amide bonds. The first-order valence-electron chi connectivity index (χ1n) is 6.90. The molecular weight excluding hydrogens is 264 g/mol. The summed E-state index contributed by atoms with van der Waals surface area (Å²) >= 11 is 0. The number of hydrogen-bond acceptors (Lipinski definition) is 5. The average Bonchev–Trinajstić information content (AvgIpc) is 2.44. The van der Waals surface area contributed by atoms with E-state index in [9.17, 15) is 9.59 Å². The van der Waals surface area contributed by atoms with Crippen LogP contribution < -0.4 is 5.73 Å². The Bertz CT molecular complexity index is 312. The lowest BCUT2D eigenvalue weighted by Gasteiger charge is -2.32. The maximum atomic E-state index is 12.0. The normalized spacial score (nSPS) is 18.0. The van der Waals surface area contributed by atoms with Gasteiger partial charge in [0.2, 0.25) is 5.91 Å². The highest BCUT2D eigenvalue weighted by atomic mass is 16.5. The van der Waals surface area contributed by atoms with Crippen molar-refractivity contribution in [3.8, 4) is 0 Å². The number of carbonyl (C=O) groups is 2. The number of methoxy groups -OCH3 is 1. The molecular formula is C13H24N2O5. The molecule has 1 heterocycles. The van der Waals surface area contributed by atoms with Gasteiger partial charge in [-0.15, -0.1) is 0 Å². The van der Waals surface area contributed by atoms with Crippen LogP contribution in [0, 0.1) is 0 Å². The molecule has 1 saturated heterocycles. The molecule has 1 fully saturated rings. The first kappa shape index (κ1) is 16.9. The van der Waals surface area contributed by atoms with Crippen molar-refractivity contribution in [1.82, 2.24) is 4.90 Å². The van der Waals surface area contributed by atoms with Gasteiger partial charge in [-0.1, -0.05) is 0 Å². The molecule has 0 bridgehead atoms. The van der Waals surface area contributed by atoms with Gasteiger partial charge < -0.3 is 25.2 Å². The number of amides is 1. The fraction of sp³-hybridized carbons (Fsp3) is 0.846. The Kier molecular flexibility index (Phi) is 7.50. The second-order valence-corrected chi connectivity index (χ2v) is 4.89. The van der Waals surface area contributed by atoms with E-state index in [0.717, 1.165) is 12.8 Å². The molecule has 0 spiro atoms. The van der Waals surface area contributed by atoms with Gasteiger partial charge in [-0.25, -0.2) is 0 Å². The molecule has 7 nitrogen and oxygen atoms in total. The number of piperidine rings is 1. The zero-order valence-electron chi connectivity index (χ0n) is 11.9. The van der Waals surface area contributed by atoms with E-state index in [1.807, 2.05) is 0 Å². The number of hydrogen-bond donors (Lipinski definition) is 2. The van der Waals surface area contributed by atoms with Crippen LogP contribution in [-0.4, -0.2) is 67.4 Å². The van der Waals surface area contributed by atoms with E-state index in [2.05, 4.69) is 0 Å². The van der Waals surface area contributed by atoms with Crippen LogP contribution in [0.1, 0.15) is 25.7 Å². The Balaban J connectivity index is 2.24. The van der Waals surface area contributed by atoms with Crippen molar-refractivity contribution in [2.75, 3.05) is 33.4 Å². The summed E-state index contributed by atoms with van der Waals surface area (Å²) in [6.07, 6.45) is 1.62. The Morgan fingerprint density at radius 1 is 1.40 bits per heavy atom. The summed E-state index contributed by atoms with van der Waals surface area (Å²) in [6, 6.07) is 0. The van der Waals surface area contributed by atoms with Gasteiger partial charge >= 0.3 is 5.97 Å². The average molecular weight is 288 g/mol. The van der Waals surface area contributed by atoms with E-state index in [-0.39, 0.29) is 31.1 Å². The lowest BCUT2D eigenvalue weighted by Crippen LogP contribution is -2.43. The number of aliphatic carboxylic acids is 1. The van der Waals surface area contributed by atoms with Gasteiger partial charge in [-0.05, 0) is 12.8 Å². The van der Waals surface area contributed by atoms with E-state index >= 15 is 0 Å². The third kappa shape index (κ3) is 5.85. The van der Waals surface area contributed by atoms with Gasteiger partial charge in [0, 0.05) is 26.7 Å². The number of likely N-dealkylation sites (tertiary alicyclic amines) is 1. The maximum Gasteiger partial charge on any atom is 0.305 e. The third-order valence-electron chi connectivity index (χ3n) is 3.46. The van der Waals surface area contributed by atoms with Gasteiger partial charge in [-0.2, -0.15) is 0 Å². The Morgan fingerprint density at radius 3 is 2.55 bits per heavy atom. The van der Waals surface area contributed by atoms with Crippen LogP contribution in [0.5, 0.6) is 0 Å². The quantitative estimate of drug-likeness (QED) is 0.643. The molecule has 1 atom stereocenters. The van der Waals surface area contributed by atoms with Crippen LogP contribution in [0.2, 0.25) is 0 Å². The first-order valence-corrected chi connectivity index (χ1v) is 6.90. The summed E-state index contributed by atoms with van der Waals surface area (Å²) in [7, 11) is 1.55. The van der Waals surface area contributed by atoms with Gasteiger partial charge in [0.1, 0.15) is 0 Å². The van der Waals surface area contributed by atoms with Crippen molar-refractivity contribution in [2.24, 2.45) is 5.73 Å². The van der Waals surface area contributed by atoms with Crippen molar-refractivity contribution in [3.63, 3.8) is 0 Å². The molecule has 20 heavy (non-hydrogen) atoms. The van der Waals surface area contributed by atoms with Crippen LogP contribution in [0.3, 0.4) is 0 Å². The molecule has 7 heteroatoms. The van der Waals surface area contributed by atoms with Gasteiger partial charge in [0.15, 0.2) is 0 Å². The largest absolute Gasteiger partial charge is 0.481 e. The van der Waals surface area contributed by atoms with Gasteiger partial charge in [0.05, 0.1) is 31.7 Å². The van der Waals surface area contributed by atoms with E-state index in [0.29, 0.717) is 26.1 Å². The SMILES string of the molecule is COC(CN)CC(=O)N1CCC(OCCC(=O)O)CC1. The minimum absolute atomic E-state index is 0.0190. The zero-order valence-corrected chi connectivity index (χ0v) is 11.9. The van der Waals surface area contributed by atoms with Crippen LogP contribution in [0.4, 0.5) is 0 Å². The monoisotopic (exact) mass is 288 g/mol. The molecule has 116 valence electrons. The molecule has 3 N–H and O–H groups in total. The second kappa shape index (κ2) is 8.89. The molecule has 1 aliphatic rings. The molecule has 0 aliphatic carbocycles. The maximum absolute atomic E-state index is 12.0. The van der Waals surface area contributed by atoms with Crippen molar-refractivity contribution in [2.45, 2.75) is 37.9 Å². The summed E-state index contributed by atoms with van der Waals surface area (Å²) in [5.41, 5.74) is 5.50. The highest BCUT2D eigenvalue weighted by Gasteiger charge is 2.24. The van der Waals surface area contributed by atoms with Gasteiger partial charge in [-0.3, -0.25) is 9.59 Å². The second-order valence-electron chi connectivity index (χ2n) is 4.89. The summed E-state index contributed by atoms with van der Waals surface area (Å²) in [4.78, 5) is 24.2. The topological polar surface area (TPSA) is 102 Å². The smallest absolute Gasteiger partial charge is 0.305 e. The molecule has 0 aromatic heterocycles. The molecule has 0 aromatic carbocycles. The van der Waals surface area contributed by atoms with Gasteiger partial charge in [0.25, 0.3) is 0 Å². The van der Waals surface area contributed by atoms with E-state index in [4.69, 9.17) is 20.3 Å². The van der Waals surface area contributed by atoms with E-state index < -0.39 is 5.97 Å². The highest BCUT2D eigenvalue weighted by molar-refractivity contribution is 5.76. The molecule has 1 unspecified atom stereocenters. The summed E-state index contributed by atoms with van der Waals surface area (Å²) < 4.78 is 10.6. The van der Waals surface area contributed by atoms with Crippen LogP contribution >= 0.6 is 0 Å². The van der Waals surface area contributed by atoms with Crippen molar-refractivity contribution >= 4 is 11.9 Å².